The van der Waals surface area contributed by atoms with Gasteiger partial charge in [0.25, 0.3) is 0 Å². The smallest absolute Gasteiger partial charge is 0.549 e. The van der Waals surface area contributed by atoms with Crippen molar-refractivity contribution in [2.24, 2.45) is 0 Å². The summed E-state index contributed by atoms with van der Waals surface area (Å²) >= 11 is 5.86. The summed E-state index contributed by atoms with van der Waals surface area (Å²) in [7, 11) is 0. The van der Waals surface area contributed by atoms with Crippen LogP contribution in [0.3, 0.4) is 0 Å². The molecular formula is C14H18ClN4NaO3. The first-order valence-electron chi connectivity index (χ1n) is 6.99. The number of carbonyl (C=O) groups excluding carboxylic acids is 2. The van der Waals surface area contributed by atoms with Gasteiger partial charge in [-0.2, -0.15) is 0 Å². The van der Waals surface area contributed by atoms with Crippen LogP contribution in [0, 0.1) is 0 Å². The third-order valence-electron chi connectivity index (χ3n) is 3.41. The maximum atomic E-state index is 11.8. The minimum absolute atomic E-state index is 0. The number of rotatable bonds is 5. The van der Waals surface area contributed by atoms with Crippen molar-refractivity contribution in [3.63, 3.8) is 0 Å². The number of urea groups is 1. The molecule has 9 heteroatoms. The van der Waals surface area contributed by atoms with Crippen molar-refractivity contribution in [3.8, 4) is 0 Å². The van der Waals surface area contributed by atoms with Crippen LogP contribution in [-0.4, -0.2) is 54.5 Å². The van der Waals surface area contributed by atoms with Crippen molar-refractivity contribution >= 4 is 23.6 Å². The summed E-state index contributed by atoms with van der Waals surface area (Å²) < 4.78 is 0. The van der Waals surface area contributed by atoms with Crippen LogP contribution in [0.25, 0.3) is 0 Å². The van der Waals surface area contributed by atoms with Gasteiger partial charge in [-0.25, -0.2) is 10.2 Å². The number of hydrazine groups is 1. The number of nitrogens with zero attached hydrogens (tertiary/aromatic N) is 2. The second kappa shape index (κ2) is 10.1. The Morgan fingerprint density at radius 3 is 2.30 bits per heavy atom. The molecule has 0 radical (unpaired) electrons. The van der Waals surface area contributed by atoms with Gasteiger partial charge in [0.15, 0.2) is 0 Å². The molecule has 1 saturated heterocycles. The van der Waals surface area contributed by atoms with Crippen LogP contribution in [0.1, 0.15) is 5.56 Å². The second-order valence-corrected chi connectivity index (χ2v) is 5.48. The Labute approximate surface area is 162 Å². The number of nitrogens with one attached hydrogen (secondary N) is 2. The molecule has 1 aromatic carbocycles. The molecule has 2 N–H and O–H groups in total. The molecule has 0 unspecified atom stereocenters. The fraction of sp³-hybridized carbons (Fsp3) is 0.429. The summed E-state index contributed by atoms with van der Waals surface area (Å²) in [6.07, 6.45) is 0. The molecule has 1 heterocycles. The molecule has 0 saturated carbocycles. The van der Waals surface area contributed by atoms with Gasteiger partial charge in [-0.1, -0.05) is 23.7 Å². The Bertz CT molecular complexity index is 521. The fourth-order valence-corrected chi connectivity index (χ4v) is 2.35. The summed E-state index contributed by atoms with van der Waals surface area (Å²) in [5.41, 5.74) is 5.82. The van der Waals surface area contributed by atoms with Crippen molar-refractivity contribution < 1.29 is 44.3 Å². The number of amides is 2. The monoisotopic (exact) mass is 348 g/mol. The molecule has 1 aliphatic rings. The molecule has 0 aliphatic carbocycles. The quantitative estimate of drug-likeness (QED) is 0.424. The number of hydrogen-bond acceptors (Lipinski definition) is 5. The molecule has 0 spiro atoms. The minimum atomic E-state index is -1.27. The summed E-state index contributed by atoms with van der Waals surface area (Å²) in [4.78, 5) is 25.9. The largest absolute Gasteiger partial charge is 1.00 e. The van der Waals surface area contributed by atoms with E-state index < -0.39 is 12.5 Å². The van der Waals surface area contributed by atoms with Crippen molar-refractivity contribution in [3.05, 3.63) is 34.9 Å². The van der Waals surface area contributed by atoms with E-state index in [0.29, 0.717) is 18.1 Å². The number of halogens is 1. The molecule has 1 aliphatic heterocycles. The number of carboxylic acid groups (broad SMARTS) is 1. The summed E-state index contributed by atoms with van der Waals surface area (Å²) in [5, 5.41) is 11.0. The summed E-state index contributed by atoms with van der Waals surface area (Å²) in [6.45, 7) is 3.10. The topological polar surface area (TPSA) is 87.7 Å². The van der Waals surface area contributed by atoms with E-state index in [4.69, 9.17) is 11.6 Å². The van der Waals surface area contributed by atoms with Gasteiger partial charge in [0.1, 0.15) is 0 Å². The number of aliphatic carboxylic acids is 1. The molecule has 2 rings (SSSR count). The van der Waals surface area contributed by atoms with Crippen LogP contribution in [-0.2, 0) is 11.3 Å². The normalized spacial score (nSPS) is 14.9. The molecule has 7 nitrogen and oxygen atoms in total. The molecule has 0 aromatic heterocycles. The average molecular weight is 349 g/mol. The van der Waals surface area contributed by atoms with E-state index in [1.807, 2.05) is 24.3 Å². The first-order chi connectivity index (χ1) is 10.5. The molecule has 23 heavy (non-hydrogen) atoms. The van der Waals surface area contributed by atoms with Crippen LogP contribution < -0.4 is 45.5 Å². The molecule has 2 amide bonds. The first kappa shape index (κ1) is 20.2. The maximum Gasteiger partial charge on any atom is 1.00 e. The van der Waals surface area contributed by atoms with Gasteiger partial charge in [-0.3, -0.25) is 10.3 Å². The Kier molecular flexibility index (Phi) is 8.90. The Hall–Kier alpha value is -0.830. The van der Waals surface area contributed by atoms with E-state index in [0.717, 1.165) is 19.6 Å². The van der Waals surface area contributed by atoms with Crippen LogP contribution in [0.15, 0.2) is 24.3 Å². The van der Waals surface area contributed by atoms with Crippen LogP contribution in [0.2, 0.25) is 5.02 Å². The van der Waals surface area contributed by atoms with Crippen molar-refractivity contribution in [1.29, 1.82) is 0 Å². The standard InChI is InChI=1S/C14H19ClN4O3.Na/c15-12-3-1-11(2-4-12)10-18-5-7-19(8-6-18)14(22)17-16-9-13(20)21;/h1-4,16H,5-10H2,(H,17,22)(H,20,21);/q;+1/p-1. The second-order valence-electron chi connectivity index (χ2n) is 5.05. The molecule has 120 valence electrons. The average Bonchev–Trinajstić information content (AvgIpc) is 2.50. The van der Waals surface area contributed by atoms with Gasteiger partial charge in [0.05, 0.1) is 12.5 Å². The van der Waals surface area contributed by atoms with Gasteiger partial charge in [-0.15, -0.1) is 0 Å². The zero-order valence-corrected chi connectivity index (χ0v) is 15.8. The van der Waals surface area contributed by atoms with Crippen LogP contribution >= 0.6 is 11.6 Å². The van der Waals surface area contributed by atoms with E-state index in [1.165, 1.54) is 5.56 Å². The van der Waals surface area contributed by atoms with Crippen molar-refractivity contribution in [1.82, 2.24) is 20.7 Å². The molecule has 1 aromatic rings. The Balaban J connectivity index is 0.00000264. The maximum absolute atomic E-state index is 11.8. The third kappa shape index (κ3) is 7.07. The third-order valence-corrected chi connectivity index (χ3v) is 3.66. The molecular weight excluding hydrogens is 331 g/mol. The summed E-state index contributed by atoms with van der Waals surface area (Å²) in [5.74, 6) is -1.27. The van der Waals surface area contributed by atoms with E-state index >= 15 is 0 Å². The number of carbonyl (C=O) groups is 2. The number of carboxylic acids is 1. The molecule has 0 bridgehead atoms. The van der Waals surface area contributed by atoms with E-state index in [9.17, 15) is 14.7 Å². The van der Waals surface area contributed by atoms with Crippen molar-refractivity contribution in [2.75, 3.05) is 32.7 Å². The zero-order chi connectivity index (χ0) is 15.9. The van der Waals surface area contributed by atoms with Crippen LogP contribution in [0.5, 0.6) is 0 Å². The number of hydrogen-bond donors (Lipinski definition) is 2. The SMILES string of the molecule is O=C([O-])CNNC(=O)N1CCN(Cc2ccc(Cl)cc2)CC1.[Na+]. The van der Waals surface area contributed by atoms with Gasteiger partial charge in [0.2, 0.25) is 0 Å². The Morgan fingerprint density at radius 1 is 1.13 bits per heavy atom. The van der Waals surface area contributed by atoms with E-state index in [2.05, 4.69) is 15.8 Å². The summed E-state index contributed by atoms with van der Waals surface area (Å²) in [6, 6.07) is 7.39. The Morgan fingerprint density at radius 2 is 1.74 bits per heavy atom. The van der Waals surface area contributed by atoms with Crippen molar-refractivity contribution in [2.45, 2.75) is 6.54 Å². The first-order valence-corrected chi connectivity index (χ1v) is 7.37. The molecule has 0 atom stereocenters. The van der Waals surface area contributed by atoms with Gasteiger partial charge in [-0.05, 0) is 17.7 Å². The van der Waals surface area contributed by atoms with Gasteiger partial charge >= 0.3 is 35.6 Å². The van der Waals surface area contributed by atoms with E-state index in [1.54, 1.807) is 4.90 Å². The zero-order valence-electron chi connectivity index (χ0n) is 13.0. The fourth-order valence-electron chi connectivity index (χ4n) is 2.23. The molecule has 1 fully saturated rings. The van der Waals surface area contributed by atoms with E-state index in [-0.39, 0.29) is 35.6 Å². The number of piperazine rings is 1. The van der Waals surface area contributed by atoms with Gasteiger partial charge in [0, 0.05) is 37.7 Å². The van der Waals surface area contributed by atoms with Crippen LogP contribution in [0.4, 0.5) is 4.79 Å². The predicted molar refractivity (Wildman–Crippen MR) is 79.8 cm³/mol. The number of benzene rings is 1. The van der Waals surface area contributed by atoms with Gasteiger partial charge < -0.3 is 14.8 Å². The predicted octanol–water partition coefficient (Wildman–Crippen LogP) is -3.57. The minimum Gasteiger partial charge on any atom is -0.549 e.